The molecule has 23 heavy (non-hydrogen) atoms. The molecule has 0 amide bonds. The summed E-state index contributed by atoms with van der Waals surface area (Å²) in [6, 6.07) is 6.72. The van der Waals surface area contributed by atoms with Crippen molar-refractivity contribution in [1.82, 2.24) is 9.97 Å². The molecule has 0 aliphatic heterocycles. The van der Waals surface area contributed by atoms with Crippen molar-refractivity contribution >= 4 is 34.0 Å². The normalized spacial score (nSPS) is 12.9. The van der Waals surface area contributed by atoms with Crippen molar-refractivity contribution < 1.29 is 17.4 Å². The van der Waals surface area contributed by atoms with Crippen molar-refractivity contribution in [2.75, 3.05) is 11.1 Å². The van der Waals surface area contributed by atoms with Gasteiger partial charge in [-0.3, -0.25) is 4.21 Å². The fraction of sp³-hybridized carbons (Fsp3) is 0.286. The van der Waals surface area contributed by atoms with E-state index in [1.807, 2.05) is 6.92 Å². The highest BCUT2D eigenvalue weighted by Crippen LogP contribution is 2.33. The average Bonchev–Trinajstić information content (AvgIpc) is 2.46. The Hall–Kier alpha value is -1.67. The van der Waals surface area contributed by atoms with Crippen LogP contribution in [0.2, 0.25) is 5.15 Å². The van der Waals surface area contributed by atoms with Crippen molar-refractivity contribution in [2.45, 2.75) is 24.4 Å². The van der Waals surface area contributed by atoms with Gasteiger partial charge in [-0.1, -0.05) is 24.6 Å². The number of nitrogens with zero attached hydrogens (tertiary/aromatic N) is 2. The third-order valence-corrected chi connectivity index (χ3v) is 4.64. The van der Waals surface area contributed by atoms with E-state index in [9.17, 15) is 17.4 Å². The Bertz CT molecular complexity index is 725. The first-order valence-electron chi connectivity index (χ1n) is 6.66. The van der Waals surface area contributed by atoms with E-state index in [1.54, 1.807) is 24.3 Å². The SMILES string of the molecule is CCCS(=O)c1cccc(Nc2ncc(C(F)(F)F)c(Cl)n2)c1. The molecule has 1 unspecified atom stereocenters. The van der Waals surface area contributed by atoms with E-state index in [2.05, 4.69) is 15.3 Å². The summed E-state index contributed by atoms with van der Waals surface area (Å²) in [5.41, 5.74) is -0.578. The Morgan fingerprint density at radius 2 is 2.09 bits per heavy atom. The fourth-order valence-corrected chi connectivity index (χ4v) is 3.09. The second-order valence-electron chi connectivity index (χ2n) is 4.60. The molecule has 124 valence electrons. The van der Waals surface area contributed by atoms with E-state index >= 15 is 0 Å². The summed E-state index contributed by atoms with van der Waals surface area (Å²) in [5, 5.41) is 2.07. The van der Waals surface area contributed by atoms with Crippen LogP contribution in [0.3, 0.4) is 0 Å². The number of hydrogen-bond acceptors (Lipinski definition) is 4. The first kappa shape index (κ1) is 17.7. The fourth-order valence-electron chi connectivity index (χ4n) is 1.76. The Morgan fingerprint density at radius 3 is 2.70 bits per heavy atom. The molecular weight excluding hydrogens is 351 g/mol. The summed E-state index contributed by atoms with van der Waals surface area (Å²) in [7, 11) is -1.13. The van der Waals surface area contributed by atoms with Crippen LogP contribution in [0.4, 0.5) is 24.8 Å². The summed E-state index contributed by atoms with van der Waals surface area (Å²) in [5.74, 6) is 0.466. The lowest BCUT2D eigenvalue weighted by Gasteiger charge is -2.10. The molecule has 0 aliphatic carbocycles. The second kappa shape index (κ2) is 7.27. The van der Waals surface area contributed by atoms with Gasteiger partial charge in [-0.2, -0.15) is 13.2 Å². The Morgan fingerprint density at radius 1 is 1.35 bits per heavy atom. The second-order valence-corrected chi connectivity index (χ2v) is 6.53. The van der Waals surface area contributed by atoms with Crippen LogP contribution in [0.5, 0.6) is 0 Å². The molecule has 0 saturated heterocycles. The number of hydrogen-bond donors (Lipinski definition) is 1. The van der Waals surface area contributed by atoms with Gasteiger partial charge in [0.2, 0.25) is 5.95 Å². The van der Waals surface area contributed by atoms with E-state index in [0.29, 0.717) is 22.5 Å². The number of aromatic nitrogens is 2. The van der Waals surface area contributed by atoms with Crippen LogP contribution < -0.4 is 5.32 Å². The summed E-state index contributed by atoms with van der Waals surface area (Å²) in [6.45, 7) is 1.93. The zero-order valence-electron chi connectivity index (χ0n) is 12.0. The zero-order valence-corrected chi connectivity index (χ0v) is 13.6. The molecule has 0 spiro atoms. The van der Waals surface area contributed by atoms with Crippen LogP contribution in [0.15, 0.2) is 35.4 Å². The topological polar surface area (TPSA) is 54.9 Å². The van der Waals surface area contributed by atoms with Crippen molar-refractivity contribution in [3.05, 3.63) is 41.2 Å². The van der Waals surface area contributed by atoms with Gasteiger partial charge in [-0.05, 0) is 24.6 Å². The minimum absolute atomic E-state index is 0.0681. The molecule has 1 heterocycles. The summed E-state index contributed by atoms with van der Waals surface area (Å²) in [4.78, 5) is 7.82. The van der Waals surface area contributed by atoms with E-state index in [1.165, 1.54) is 0 Å². The number of halogens is 4. The molecule has 4 nitrogen and oxygen atoms in total. The standard InChI is InChI=1S/C14H13ClF3N3OS/c1-2-6-23(22)10-5-3-4-9(7-10)20-13-19-8-11(12(15)21-13)14(16,17)18/h3-5,7-8H,2,6H2,1H3,(H,19,20,21). The Labute approximate surface area is 138 Å². The largest absolute Gasteiger partial charge is 0.420 e. The smallest absolute Gasteiger partial charge is 0.324 e. The summed E-state index contributed by atoms with van der Waals surface area (Å²) in [6.07, 6.45) is -3.20. The van der Waals surface area contributed by atoms with Gasteiger partial charge < -0.3 is 5.32 Å². The monoisotopic (exact) mass is 363 g/mol. The predicted octanol–water partition coefficient (Wildman–Crippen LogP) is 4.41. The molecule has 1 aromatic carbocycles. The maximum atomic E-state index is 12.6. The van der Waals surface area contributed by atoms with Crippen LogP contribution in [-0.4, -0.2) is 19.9 Å². The Balaban J connectivity index is 2.21. The predicted molar refractivity (Wildman–Crippen MR) is 83.3 cm³/mol. The van der Waals surface area contributed by atoms with E-state index in [0.717, 1.165) is 6.42 Å². The quantitative estimate of drug-likeness (QED) is 0.799. The number of rotatable bonds is 5. The highest BCUT2D eigenvalue weighted by molar-refractivity contribution is 7.85. The number of alkyl halides is 3. The summed E-state index contributed by atoms with van der Waals surface area (Å²) >= 11 is 5.54. The average molecular weight is 364 g/mol. The van der Waals surface area contributed by atoms with Gasteiger partial charge in [0.1, 0.15) is 10.7 Å². The maximum absolute atomic E-state index is 12.6. The molecule has 0 fully saturated rings. The van der Waals surface area contributed by atoms with Gasteiger partial charge in [-0.25, -0.2) is 9.97 Å². The summed E-state index contributed by atoms with van der Waals surface area (Å²) < 4.78 is 49.8. The van der Waals surface area contributed by atoms with Gasteiger partial charge in [0.25, 0.3) is 0 Å². The van der Waals surface area contributed by atoms with Crippen LogP contribution >= 0.6 is 11.6 Å². The number of nitrogens with one attached hydrogen (secondary N) is 1. The third-order valence-electron chi connectivity index (χ3n) is 2.79. The van der Waals surface area contributed by atoms with E-state index < -0.39 is 27.7 Å². The van der Waals surface area contributed by atoms with Crippen molar-refractivity contribution in [3.8, 4) is 0 Å². The first-order chi connectivity index (χ1) is 10.8. The third kappa shape index (κ3) is 4.65. The van der Waals surface area contributed by atoms with Crippen molar-refractivity contribution in [1.29, 1.82) is 0 Å². The molecule has 0 saturated carbocycles. The van der Waals surface area contributed by atoms with Crippen molar-refractivity contribution in [3.63, 3.8) is 0 Å². The van der Waals surface area contributed by atoms with Crippen LogP contribution in [0.25, 0.3) is 0 Å². The van der Waals surface area contributed by atoms with Gasteiger partial charge in [0, 0.05) is 22.5 Å². The highest BCUT2D eigenvalue weighted by atomic mass is 35.5. The van der Waals surface area contributed by atoms with Crippen molar-refractivity contribution in [2.24, 2.45) is 0 Å². The number of anilines is 2. The maximum Gasteiger partial charge on any atom is 0.420 e. The lowest BCUT2D eigenvalue weighted by atomic mass is 10.3. The minimum Gasteiger partial charge on any atom is -0.324 e. The highest BCUT2D eigenvalue weighted by Gasteiger charge is 2.34. The van der Waals surface area contributed by atoms with Crippen LogP contribution in [-0.2, 0) is 17.0 Å². The van der Waals surface area contributed by atoms with Gasteiger partial charge in [-0.15, -0.1) is 0 Å². The molecule has 0 radical (unpaired) electrons. The van der Waals surface area contributed by atoms with Gasteiger partial charge in [0.05, 0.1) is 10.8 Å². The molecule has 2 rings (SSSR count). The molecule has 2 aromatic rings. The van der Waals surface area contributed by atoms with Crippen LogP contribution in [0.1, 0.15) is 18.9 Å². The molecule has 0 aliphatic rings. The number of benzene rings is 1. The molecule has 1 aromatic heterocycles. The molecule has 1 N–H and O–H groups in total. The van der Waals surface area contributed by atoms with Gasteiger partial charge >= 0.3 is 6.18 Å². The Kier molecular flexibility index (Phi) is 5.59. The van der Waals surface area contributed by atoms with E-state index in [4.69, 9.17) is 11.6 Å². The van der Waals surface area contributed by atoms with Crippen LogP contribution in [0, 0.1) is 0 Å². The molecule has 0 bridgehead atoms. The lowest BCUT2D eigenvalue weighted by molar-refractivity contribution is -0.137. The first-order valence-corrected chi connectivity index (χ1v) is 8.36. The van der Waals surface area contributed by atoms with E-state index in [-0.39, 0.29) is 5.95 Å². The molecular formula is C14H13ClF3N3OS. The molecule has 1 atom stereocenters. The minimum atomic E-state index is -4.60. The lowest BCUT2D eigenvalue weighted by Crippen LogP contribution is -2.09. The van der Waals surface area contributed by atoms with Gasteiger partial charge in [0.15, 0.2) is 0 Å². The molecule has 9 heteroatoms. The zero-order chi connectivity index (χ0) is 17.0.